The van der Waals surface area contributed by atoms with Crippen LogP contribution in [0.4, 0.5) is 0 Å². The molecule has 1 radical (unpaired) electrons. The van der Waals surface area contributed by atoms with Crippen molar-refractivity contribution in [2.24, 2.45) is 0 Å². The van der Waals surface area contributed by atoms with Crippen LogP contribution in [0.3, 0.4) is 0 Å². The van der Waals surface area contributed by atoms with Crippen LogP contribution >= 0.6 is 0 Å². The number of hydrogen-bond acceptors (Lipinski definition) is 2. The molecule has 0 aliphatic carbocycles. The molecule has 0 saturated carbocycles. The lowest BCUT2D eigenvalue weighted by Gasteiger charge is -2.08. The zero-order chi connectivity index (χ0) is 8.97. The maximum absolute atomic E-state index is 10.2. The molecule has 0 aliphatic heterocycles. The molecule has 0 spiro atoms. The summed E-state index contributed by atoms with van der Waals surface area (Å²) >= 11 is 0. The Bertz CT molecular complexity index is 251. The number of rotatable bonds is 3. The third kappa shape index (κ3) is 2.47. The third-order valence-electron chi connectivity index (χ3n) is 1.57. The highest BCUT2D eigenvalue weighted by molar-refractivity contribution is 5.75. The Labute approximate surface area is 72.8 Å². The molecule has 2 nitrogen and oxygen atoms in total. The summed E-state index contributed by atoms with van der Waals surface area (Å²) < 4.78 is 0. The zero-order valence-electron chi connectivity index (χ0n) is 7.37. The van der Waals surface area contributed by atoms with Crippen molar-refractivity contribution in [2.75, 3.05) is 14.1 Å². The molecule has 0 unspecified atom stereocenters. The molecule has 1 rings (SSSR count). The van der Waals surface area contributed by atoms with Gasteiger partial charge in [0.05, 0.1) is 0 Å². The van der Waals surface area contributed by atoms with Crippen molar-refractivity contribution in [1.82, 2.24) is 4.90 Å². The van der Waals surface area contributed by atoms with E-state index in [-0.39, 0.29) is 0 Å². The van der Waals surface area contributed by atoms with E-state index in [2.05, 4.69) is 4.90 Å². The molecule has 0 heterocycles. The van der Waals surface area contributed by atoms with E-state index in [4.69, 9.17) is 0 Å². The van der Waals surface area contributed by atoms with Gasteiger partial charge < -0.3 is 4.90 Å². The minimum Gasteiger partial charge on any atom is -0.305 e. The standard InChI is InChI=1S/C10H12NO/c1-11(2)7-9-3-5-10(8-12)6-4-9/h3-6H,7H2,1-2H3. The predicted octanol–water partition coefficient (Wildman–Crippen LogP) is 1.21. The summed E-state index contributed by atoms with van der Waals surface area (Å²) in [7, 11) is 4.03. The monoisotopic (exact) mass is 162 g/mol. The van der Waals surface area contributed by atoms with Gasteiger partial charge in [0, 0.05) is 12.1 Å². The fourth-order valence-electron chi connectivity index (χ4n) is 1.04. The summed E-state index contributed by atoms with van der Waals surface area (Å²) in [5.41, 5.74) is 1.82. The molecule has 0 saturated heterocycles. The van der Waals surface area contributed by atoms with E-state index in [1.807, 2.05) is 32.5 Å². The average molecular weight is 162 g/mol. The van der Waals surface area contributed by atoms with Crippen LogP contribution in [-0.4, -0.2) is 25.3 Å². The normalized spacial score (nSPS) is 10.2. The molecular weight excluding hydrogens is 150 g/mol. The first-order valence-electron chi connectivity index (χ1n) is 3.84. The Hall–Kier alpha value is -1.15. The molecule has 0 atom stereocenters. The van der Waals surface area contributed by atoms with Crippen LogP contribution in [-0.2, 0) is 11.3 Å². The summed E-state index contributed by atoms with van der Waals surface area (Å²) in [6.07, 6.45) is 1.84. The molecule has 0 bridgehead atoms. The van der Waals surface area contributed by atoms with E-state index < -0.39 is 0 Å². The van der Waals surface area contributed by atoms with Gasteiger partial charge in [0.1, 0.15) is 0 Å². The van der Waals surface area contributed by atoms with Gasteiger partial charge in [-0.25, -0.2) is 0 Å². The van der Waals surface area contributed by atoms with Crippen molar-refractivity contribution in [3.8, 4) is 0 Å². The van der Waals surface area contributed by atoms with Gasteiger partial charge in [-0.1, -0.05) is 24.3 Å². The van der Waals surface area contributed by atoms with Crippen LogP contribution in [0.15, 0.2) is 24.3 Å². The molecule has 0 N–H and O–H groups in total. The smallest absolute Gasteiger partial charge is 0.233 e. The minimum atomic E-state index is 0.609. The van der Waals surface area contributed by atoms with Crippen LogP contribution in [0, 0.1) is 0 Å². The first-order valence-corrected chi connectivity index (χ1v) is 3.84. The number of nitrogens with zero attached hydrogens (tertiary/aromatic N) is 1. The molecule has 0 fully saturated rings. The predicted molar refractivity (Wildman–Crippen MR) is 48.6 cm³/mol. The topological polar surface area (TPSA) is 20.3 Å². The average Bonchev–Trinajstić information content (AvgIpc) is 2.05. The van der Waals surface area contributed by atoms with Crippen molar-refractivity contribution >= 4 is 6.29 Å². The Morgan fingerprint density at radius 2 is 1.83 bits per heavy atom. The van der Waals surface area contributed by atoms with Crippen molar-refractivity contribution in [3.05, 3.63) is 35.4 Å². The highest BCUT2D eigenvalue weighted by Gasteiger charge is 1.94. The largest absolute Gasteiger partial charge is 0.305 e. The van der Waals surface area contributed by atoms with Gasteiger partial charge >= 0.3 is 0 Å². The van der Waals surface area contributed by atoms with E-state index in [1.165, 1.54) is 5.56 Å². The number of hydrogen-bond donors (Lipinski definition) is 0. The fraction of sp³-hybridized carbons (Fsp3) is 0.300. The summed E-state index contributed by atoms with van der Waals surface area (Å²) in [4.78, 5) is 12.3. The quantitative estimate of drug-likeness (QED) is 0.665. The highest BCUT2D eigenvalue weighted by Crippen LogP contribution is 2.03. The van der Waals surface area contributed by atoms with Crippen molar-refractivity contribution in [1.29, 1.82) is 0 Å². The molecule has 63 valence electrons. The molecular formula is C10H12NO. The third-order valence-corrected chi connectivity index (χ3v) is 1.57. The molecule has 1 aromatic carbocycles. The molecule has 0 aliphatic rings. The molecule has 2 heteroatoms. The van der Waals surface area contributed by atoms with Gasteiger partial charge in [0.15, 0.2) is 0 Å². The Balaban J connectivity index is 2.71. The lowest BCUT2D eigenvalue weighted by atomic mass is 10.1. The lowest BCUT2D eigenvalue weighted by molar-refractivity contribution is 0.402. The van der Waals surface area contributed by atoms with Crippen molar-refractivity contribution in [3.63, 3.8) is 0 Å². The molecule has 12 heavy (non-hydrogen) atoms. The van der Waals surface area contributed by atoms with E-state index in [0.29, 0.717) is 5.56 Å². The van der Waals surface area contributed by atoms with Gasteiger partial charge in [-0.15, -0.1) is 0 Å². The Morgan fingerprint density at radius 3 is 2.25 bits per heavy atom. The summed E-state index contributed by atoms with van der Waals surface area (Å²) in [5.74, 6) is 0. The maximum atomic E-state index is 10.2. The molecule has 0 aromatic heterocycles. The second kappa shape index (κ2) is 4.02. The minimum absolute atomic E-state index is 0.609. The van der Waals surface area contributed by atoms with Gasteiger partial charge in [0.25, 0.3) is 0 Å². The number of carbonyl (C=O) groups excluding carboxylic acids is 1. The molecule has 1 aromatic rings. The first kappa shape index (κ1) is 8.94. The van der Waals surface area contributed by atoms with Crippen LogP contribution in [0.25, 0.3) is 0 Å². The highest BCUT2D eigenvalue weighted by atomic mass is 16.1. The van der Waals surface area contributed by atoms with Gasteiger partial charge in [-0.05, 0) is 19.7 Å². The SMILES string of the molecule is CN(C)Cc1ccc([C]=O)cc1. The van der Waals surface area contributed by atoms with Gasteiger partial charge in [-0.2, -0.15) is 0 Å². The van der Waals surface area contributed by atoms with Crippen molar-refractivity contribution < 1.29 is 4.79 Å². The van der Waals surface area contributed by atoms with Gasteiger partial charge in [-0.3, -0.25) is 4.79 Å². The lowest BCUT2D eigenvalue weighted by Crippen LogP contribution is -2.10. The van der Waals surface area contributed by atoms with Crippen LogP contribution < -0.4 is 0 Å². The first-order chi connectivity index (χ1) is 5.72. The van der Waals surface area contributed by atoms with Crippen LogP contribution in [0.2, 0.25) is 0 Å². The van der Waals surface area contributed by atoms with E-state index >= 15 is 0 Å². The van der Waals surface area contributed by atoms with E-state index in [9.17, 15) is 4.79 Å². The molecule has 0 amide bonds. The van der Waals surface area contributed by atoms with Gasteiger partial charge in [0.2, 0.25) is 6.29 Å². The number of benzene rings is 1. The fourth-order valence-corrected chi connectivity index (χ4v) is 1.04. The summed E-state index contributed by atoms with van der Waals surface area (Å²) in [6, 6.07) is 7.46. The Kier molecular flexibility index (Phi) is 3.00. The summed E-state index contributed by atoms with van der Waals surface area (Å²) in [5, 5.41) is 0. The van der Waals surface area contributed by atoms with Crippen LogP contribution in [0.1, 0.15) is 11.1 Å². The van der Waals surface area contributed by atoms with E-state index in [1.54, 1.807) is 12.1 Å². The Morgan fingerprint density at radius 1 is 1.25 bits per heavy atom. The van der Waals surface area contributed by atoms with Crippen LogP contribution in [0.5, 0.6) is 0 Å². The summed E-state index contributed by atoms with van der Waals surface area (Å²) in [6.45, 7) is 0.902. The van der Waals surface area contributed by atoms with Crippen molar-refractivity contribution in [2.45, 2.75) is 6.54 Å². The second-order valence-corrected chi connectivity index (χ2v) is 3.04. The van der Waals surface area contributed by atoms with E-state index in [0.717, 1.165) is 6.54 Å². The maximum Gasteiger partial charge on any atom is 0.233 e. The zero-order valence-corrected chi connectivity index (χ0v) is 7.37. The second-order valence-electron chi connectivity index (χ2n) is 3.04.